The Morgan fingerprint density at radius 2 is 1.97 bits per heavy atom. The number of tetrazole rings is 1. The Morgan fingerprint density at radius 3 is 2.71 bits per heavy atom. The highest BCUT2D eigenvalue weighted by atomic mass is 32.2. The van der Waals surface area contributed by atoms with Gasteiger partial charge in [0.05, 0.1) is 11.9 Å². The van der Waals surface area contributed by atoms with E-state index in [0.717, 1.165) is 22.9 Å². The van der Waals surface area contributed by atoms with Gasteiger partial charge in [-0.15, -0.1) is 5.10 Å². The topological polar surface area (TPSA) is 111 Å². The highest BCUT2D eigenvalue weighted by Gasteiger charge is 2.22. The van der Waals surface area contributed by atoms with Crippen LogP contribution in [0.15, 0.2) is 47.6 Å². The van der Waals surface area contributed by atoms with E-state index in [4.69, 9.17) is 4.74 Å². The van der Waals surface area contributed by atoms with Gasteiger partial charge in [-0.05, 0) is 61.9 Å². The van der Waals surface area contributed by atoms with Crippen LogP contribution in [-0.4, -0.2) is 44.0 Å². The third kappa shape index (κ3) is 5.60. The number of carbonyl (C=O) groups is 2. The van der Waals surface area contributed by atoms with Gasteiger partial charge in [-0.2, -0.15) is 4.68 Å². The molecule has 0 aliphatic heterocycles. The third-order valence-corrected chi connectivity index (χ3v) is 5.39. The molecule has 10 heteroatoms. The molecule has 0 fully saturated rings. The summed E-state index contributed by atoms with van der Waals surface area (Å²) in [6.45, 7) is 7.93. The predicted octanol–water partition coefficient (Wildman–Crippen LogP) is 3.51. The molecule has 162 valence electrons. The second kappa shape index (κ2) is 10.1. The Labute approximate surface area is 184 Å². The number of urea groups is 1. The number of imide groups is 1. The molecular formula is C21H24N6O3S. The van der Waals surface area contributed by atoms with Crippen molar-refractivity contribution in [2.75, 3.05) is 11.9 Å². The summed E-state index contributed by atoms with van der Waals surface area (Å²) >= 11 is 1.14. The van der Waals surface area contributed by atoms with E-state index >= 15 is 0 Å². The zero-order valence-electron chi connectivity index (χ0n) is 17.7. The molecule has 0 aliphatic carbocycles. The first-order valence-electron chi connectivity index (χ1n) is 9.75. The Kier molecular flexibility index (Phi) is 7.24. The normalized spacial score (nSPS) is 11.6. The fourth-order valence-electron chi connectivity index (χ4n) is 2.85. The molecule has 1 unspecified atom stereocenters. The molecule has 0 saturated heterocycles. The van der Waals surface area contributed by atoms with Gasteiger partial charge in [-0.1, -0.05) is 41.6 Å². The monoisotopic (exact) mass is 440 g/mol. The van der Waals surface area contributed by atoms with Crippen LogP contribution in [0.1, 0.15) is 25.0 Å². The summed E-state index contributed by atoms with van der Waals surface area (Å²) in [5, 5.41) is 16.6. The fraction of sp³-hybridized carbons (Fsp3) is 0.286. The van der Waals surface area contributed by atoms with Crippen LogP contribution in [0.3, 0.4) is 0 Å². The van der Waals surface area contributed by atoms with Gasteiger partial charge in [0.2, 0.25) is 11.1 Å². The Bertz CT molecular complexity index is 1080. The average molecular weight is 441 g/mol. The number of para-hydroxylation sites is 2. The summed E-state index contributed by atoms with van der Waals surface area (Å²) in [7, 11) is 0. The molecule has 3 aromatic rings. The number of benzene rings is 2. The van der Waals surface area contributed by atoms with E-state index < -0.39 is 17.2 Å². The number of aryl methyl sites for hydroxylation is 2. The molecular weight excluding hydrogens is 416 g/mol. The van der Waals surface area contributed by atoms with E-state index in [-0.39, 0.29) is 0 Å². The van der Waals surface area contributed by atoms with E-state index in [9.17, 15) is 9.59 Å². The lowest BCUT2D eigenvalue weighted by atomic mass is 10.1. The Morgan fingerprint density at radius 1 is 1.19 bits per heavy atom. The second-order valence-corrected chi connectivity index (χ2v) is 8.10. The molecule has 0 spiro atoms. The molecule has 3 amide bonds. The number of thioether (sulfide) groups is 1. The van der Waals surface area contributed by atoms with Gasteiger partial charge in [0, 0.05) is 5.69 Å². The molecule has 0 aliphatic rings. The summed E-state index contributed by atoms with van der Waals surface area (Å²) in [5.41, 5.74) is 3.31. The van der Waals surface area contributed by atoms with Gasteiger partial charge in [-0.25, -0.2) is 4.79 Å². The highest BCUT2D eigenvalue weighted by Crippen LogP contribution is 2.28. The number of aromatic nitrogens is 4. The lowest BCUT2D eigenvalue weighted by Gasteiger charge is -2.14. The largest absolute Gasteiger partial charge is 0.492 e. The number of rotatable bonds is 7. The number of hydrogen-bond donors (Lipinski definition) is 2. The van der Waals surface area contributed by atoms with Gasteiger partial charge < -0.3 is 10.1 Å². The minimum absolute atomic E-state index is 0.407. The van der Waals surface area contributed by atoms with E-state index in [1.54, 1.807) is 13.0 Å². The highest BCUT2D eigenvalue weighted by molar-refractivity contribution is 8.00. The first kappa shape index (κ1) is 22.3. The minimum Gasteiger partial charge on any atom is -0.492 e. The molecule has 1 aromatic heterocycles. The minimum atomic E-state index is -0.617. The van der Waals surface area contributed by atoms with E-state index in [2.05, 4.69) is 26.2 Å². The number of anilines is 1. The van der Waals surface area contributed by atoms with Crippen molar-refractivity contribution >= 4 is 29.4 Å². The number of hydrogen-bond acceptors (Lipinski definition) is 7. The Hall–Kier alpha value is -3.40. The molecule has 2 N–H and O–H groups in total. The molecule has 31 heavy (non-hydrogen) atoms. The number of nitrogens with zero attached hydrogens (tertiary/aromatic N) is 4. The van der Waals surface area contributed by atoms with E-state index in [0.29, 0.717) is 28.9 Å². The van der Waals surface area contributed by atoms with Gasteiger partial charge in [0.1, 0.15) is 11.4 Å². The van der Waals surface area contributed by atoms with Crippen LogP contribution in [0.25, 0.3) is 5.69 Å². The van der Waals surface area contributed by atoms with Crippen LogP contribution in [0.5, 0.6) is 5.75 Å². The van der Waals surface area contributed by atoms with Crippen molar-refractivity contribution in [2.45, 2.75) is 38.1 Å². The van der Waals surface area contributed by atoms with Gasteiger partial charge in [0.25, 0.3) is 0 Å². The van der Waals surface area contributed by atoms with Crippen LogP contribution in [0, 0.1) is 13.8 Å². The summed E-state index contributed by atoms with van der Waals surface area (Å²) in [6, 6.07) is 12.4. The van der Waals surface area contributed by atoms with Crippen molar-refractivity contribution < 1.29 is 14.3 Å². The van der Waals surface area contributed by atoms with Crippen LogP contribution in [-0.2, 0) is 4.79 Å². The lowest BCUT2D eigenvalue weighted by molar-refractivity contribution is -0.119. The van der Waals surface area contributed by atoms with Crippen LogP contribution in [0.4, 0.5) is 10.5 Å². The molecule has 9 nitrogen and oxygen atoms in total. The van der Waals surface area contributed by atoms with Gasteiger partial charge in [0.15, 0.2) is 0 Å². The molecule has 1 atom stereocenters. The van der Waals surface area contributed by atoms with E-state index in [1.165, 1.54) is 4.68 Å². The SMILES string of the molecule is CCOc1ccccc1-n1nnnc1SC(C)C(=O)NC(=O)Nc1ccc(C)cc1C. The van der Waals surface area contributed by atoms with Crippen molar-refractivity contribution in [1.82, 2.24) is 25.5 Å². The van der Waals surface area contributed by atoms with Crippen LogP contribution < -0.4 is 15.4 Å². The van der Waals surface area contributed by atoms with Crippen molar-refractivity contribution in [2.24, 2.45) is 0 Å². The molecule has 0 radical (unpaired) electrons. The zero-order valence-corrected chi connectivity index (χ0v) is 18.6. The maximum Gasteiger partial charge on any atom is 0.325 e. The summed E-state index contributed by atoms with van der Waals surface area (Å²) in [5.74, 6) is 0.170. The predicted molar refractivity (Wildman–Crippen MR) is 119 cm³/mol. The first-order chi connectivity index (χ1) is 14.9. The average Bonchev–Trinajstić information content (AvgIpc) is 3.18. The standard InChI is InChI=1S/C21H24N6O3S/c1-5-30-18-9-7-6-8-17(18)27-21(24-25-26-27)31-15(4)19(28)23-20(29)22-16-11-10-13(2)12-14(16)3/h6-12,15H,5H2,1-4H3,(H2,22,23,28,29). The number of ether oxygens (including phenoxy) is 1. The summed E-state index contributed by atoms with van der Waals surface area (Å²) in [4.78, 5) is 24.8. The number of amides is 3. The van der Waals surface area contributed by atoms with Crippen LogP contribution in [0.2, 0.25) is 0 Å². The van der Waals surface area contributed by atoms with Gasteiger partial charge in [-0.3, -0.25) is 10.1 Å². The summed E-state index contributed by atoms with van der Waals surface area (Å²) in [6.07, 6.45) is 0. The van der Waals surface area contributed by atoms with Gasteiger partial charge >= 0.3 is 6.03 Å². The van der Waals surface area contributed by atoms with Crippen molar-refractivity contribution in [1.29, 1.82) is 0 Å². The molecule has 2 aromatic carbocycles. The molecule has 1 heterocycles. The fourth-order valence-corrected chi connectivity index (χ4v) is 3.65. The molecule has 0 saturated carbocycles. The number of nitrogens with one attached hydrogen (secondary N) is 2. The molecule has 3 rings (SSSR count). The maximum absolute atomic E-state index is 12.5. The van der Waals surface area contributed by atoms with Crippen molar-refractivity contribution in [3.05, 3.63) is 53.6 Å². The smallest absolute Gasteiger partial charge is 0.325 e. The Balaban J connectivity index is 1.66. The maximum atomic E-state index is 12.5. The van der Waals surface area contributed by atoms with Crippen molar-refractivity contribution in [3.8, 4) is 11.4 Å². The van der Waals surface area contributed by atoms with E-state index in [1.807, 2.05) is 57.2 Å². The third-order valence-electron chi connectivity index (χ3n) is 4.35. The zero-order chi connectivity index (χ0) is 22.4. The second-order valence-electron chi connectivity index (χ2n) is 6.80. The molecule has 0 bridgehead atoms. The first-order valence-corrected chi connectivity index (χ1v) is 10.6. The quantitative estimate of drug-likeness (QED) is 0.541. The van der Waals surface area contributed by atoms with Crippen molar-refractivity contribution in [3.63, 3.8) is 0 Å². The van der Waals surface area contributed by atoms with Crippen LogP contribution >= 0.6 is 11.8 Å². The number of carbonyl (C=O) groups excluding carboxylic acids is 2. The summed E-state index contributed by atoms with van der Waals surface area (Å²) < 4.78 is 7.15. The lowest BCUT2D eigenvalue weighted by Crippen LogP contribution is -2.39.